The Bertz CT molecular complexity index is 838. The van der Waals surface area contributed by atoms with Gasteiger partial charge in [-0.15, -0.1) is 0 Å². The molecule has 0 atom stereocenters. The summed E-state index contributed by atoms with van der Waals surface area (Å²) in [6, 6.07) is 4.62. The Hall–Kier alpha value is -2.17. The van der Waals surface area contributed by atoms with Gasteiger partial charge in [0.15, 0.2) is 0 Å². The fourth-order valence-corrected chi connectivity index (χ4v) is 4.26. The van der Waals surface area contributed by atoms with Crippen molar-refractivity contribution >= 4 is 33.1 Å². The van der Waals surface area contributed by atoms with E-state index in [2.05, 4.69) is 4.98 Å². The number of hydrogen-bond donors (Lipinski definition) is 3. The third-order valence-electron chi connectivity index (χ3n) is 3.67. The summed E-state index contributed by atoms with van der Waals surface area (Å²) in [6.45, 7) is 0.898. The number of para-hydroxylation sites is 1. The van der Waals surface area contributed by atoms with Gasteiger partial charge < -0.3 is 5.73 Å². The summed E-state index contributed by atoms with van der Waals surface area (Å²) in [4.78, 5) is 15.8. The van der Waals surface area contributed by atoms with Crippen LogP contribution in [0.25, 0.3) is 11.0 Å². The summed E-state index contributed by atoms with van der Waals surface area (Å²) in [5.41, 5.74) is 8.43. The van der Waals surface area contributed by atoms with E-state index in [4.69, 9.17) is 11.6 Å². The van der Waals surface area contributed by atoms with E-state index in [-0.39, 0.29) is 22.5 Å². The minimum absolute atomic E-state index is 0.169. The van der Waals surface area contributed by atoms with Gasteiger partial charge in [-0.05, 0) is 25.0 Å². The van der Waals surface area contributed by atoms with Crippen molar-refractivity contribution in [3.8, 4) is 0 Å². The van der Waals surface area contributed by atoms with E-state index in [0.29, 0.717) is 13.1 Å². The molecule has 10 heteroatoms. The number of aromatic nitrogens is 2. The number of anilines is 1. The van der Waals surface area contributed by atoms with Crippen molar-refractivity contribution in [2.24, 2.45) is 5.84 Å². The number of amides is 1. The van der Waals surface area contributed by atoms with Gasteiger partial charge in [-0.2, -0.15) is 16.7 Å². The van der Waals surface area contributed by atoms with Crippen LogP contribution in [0, 0.1) is 0 Å². The molecule has 9 nitrogen and oxygen atoms in total. The van der Waals surface area contributed by atoms with E-state index in [1.807, 2.05) is 5.43 Å². The first-order chi connectivity index (χ1) is 10.5. The van der Waals surface area contributed by atoms with Crippen LogP contribution in [0.3, 0.4) is 0 Å². The van der Waals surface area contributed by atoms with Crippen molar-refractivity contribution in [1.82, 2.24) is 18.7 Å². The molecule has 0 spiro atoms. The van der Waals surface area contributed by atoms with Gasteiger partial charge in [0.1, 0.15) is 5.52 Å². The molecular formula is C12H16N6O3S. The highest BCUT2D eigenvalue weighted by atomic mass is 32.2. The van der Waals surface area contributed by atoms with Crippen LogP contribution in [0.1, 0.15) is 23.2 Å². The molecule has 1 aromatic heterocycles. The molecule has 118 valence electrons. The third kappa shape index (κ3) is 2.12. The van der Waals surface area contributed by atoms with E-state index in [1.54, 1.807) is 12.1 Å². The summed E-state index contributed by atoms with van der Waals surface area (Å²) in [7, 11) is -3.80. The molecule has 2 aromatic rings. The van der Waals surface area contributed by atoms with Crippen LogP contribution in [-0.2, 0) is 10.2 Å². The monoisotopic (exact) mass is 324 g/mol. The van der Waals surface area contributed by atoms with E-state index >= 15 is 0 Å². The number of nitrogen functional groups attached to an aromatic ring is 2. The number of rotatable bonds is 3. The summed E-state index contributed by atoms with van der Waals surface area (Å²) in [5.74, 6) is 4.39. The Morgan fingerprint density at radius 2 is 1.95 bits per heavy atom. The zero-order chi connectivity index (χ0) is 15.9. The highest BCUT2D eigenvalue weighted by molar-refractivity contribution is 7.87. The van der Waals surface area contributed by atoms with Gasteiger partial charge in [-0.25, -0.2) is 10.8 Å². The van der Waals surface area contributed by atoms with Gasteiger partial charge >= 0.3 is 10.2 Å². The fourth-order valence-electron chi connectivity index (χ4n) is 2.63. The van der Waals surface area contributed by atoms with Gasteiger partial charge in [0.25, 0.3) is 5.91 Å². The zero-order valence-corrected chi connectivity index (χ0v) is 12.5. The van der Waals surface area contributed by atoms with E-state index in [0.717, 1.165) is 16.8 Å². The van der Waals surface area contributed by atoms with Crippen LogP contribution in [0.4, 0.5) is 5.95 Å². The molecule has 1 saturated heterocycles. The minimum Gasteiger partial charge on any atom is -0.368 e. The quantitative estimate of drug-likeness (QED) is 0.392. The second-order valence-corrected chi connectivity index (χ2v) is 6.77. The molecule has 1 amide bonds. The summed E-state index contributed by atoms with van der Waals surface area (Å²) in [6.07, 6.45) is 1.62. The molecule has 0 aliphatic carbocycles. The lowest BCUT2D eigenvalue weighted by Gasteiger charge is -2.17. The van der Waals surface area contributed by atoms with Crippen LogP contribution in [-0.4, -0.2) is 40.7 Å². The number of carbonyl (C=O) groups is 1. The number of carbonyl (C=O) groups excluding carboxylic acids is 1. The molecular weight excluding hydrogens is 308 g/mol. The summed E-state index contributed by atoms with van der Waals surface area (Å²) < 4.78 is 27.8. The number of nitrogens with zero attached hydrogens (tertiary/aromatic N) is 3. The molecule has 1 aliphatic rings. The number of benzene rings is 1. The third-order valence-corrected chi connectivity index (χ3v) is 5.53. The molecule has 2 heterocycles. The summed E-state index contributed by atoms with van der Waals surface area (Å²) >= 11 is 0. The first-order valence-electron chi connectivity index (χ1n) is 6.75. The predicted molar refractivity (Wildman–Crippen MR) is 80.9 cm³/mol. The number of hydrazine groups is 1. The fraction of sp³-hybridized carbons (Fsp3) is 0.333. The van der Waals surface area contributed by atoms with Gasteiger partial charge in [0, 0.05) is 13.1 Å². The lowest BCUT2D eigenvalue weighted by atomic mass is 10.2. The largest absolute Gasteiger partial charge is 0.368 e. The van der Waals surface area contributed by atoms with Crippen LogP contribution in [0.5, 0.6) is 0 Å². The predicted octanol–water partition coefficient (Wildman–Crippen LogP) is -0.589. The van der Waals surface area contributed by atoms with Gasteiger partial charge in [-0.3, -0.25) is 10.2 Å². The highest BCUT2D eigenvalue weighted by Gasteiger charge is 2.31. The molecule has 5 N–H and O–H groups in total. The maximum absolute atomic E-state index is 12.7. The lowest BCUT2D eigenvalue weighted by Crippen LogP contribution is -2.33. The summed E-state index contributed by atoms with van der Waals surface area (Å²) in [5, 5.41) is 0. The average molecular weight is 324 g/mol. The van der Waals surface area contributed by atoms with Gasteiger partial charge in [-0.1, -0.05) is 6.07 Å². The smallest absolute Gasteiger partial charge is 0.310 e. The molecule has 0 unspecified atom stereocenters. The van der Waals surface area contributed by atoms with Gasteiger partial charge in [0.05, 0.1) is 11.1 Å². The molecule has 22 heavy (non-hydrogen) atoms. The molecule has 3 rings (SSSR count). The Balaban J connectivity index is 2.23. The minimum atomic E-state index is -3.80. The van der Waals surface area contributed by atoms with Crippen molar-refractivity contribution in [2.45, 2.75) is 12.8 Å². The van der Waals surface area contributed by atoms with Crippen LogP contribution >= 0.6 is 0 Å². The number of hydrogen-bond acceptors (Lipinski definition) is 6. The Labute approximate surface area is 127 Å². The molecule has 0 radical (unpaired) electrons. The number of nitrogens with two attached hydrogens (primary N) is 2. The van der Waals surface area contributed by atoms with E-state index in [9.17, 15) is 13.2 Å². The second kappa shape index (κ2) is 5.23. The van der Waals surface area contributed by atoms with Crippen molar-refractivity contribution in [3.63, 3.8) is 0 Å². The van der Waals surface area contributed by atoms with Crippen LogP contribution in [0.15, 0.2) is 18.2 Å². The first-order valence-corrected chi connectivity index (χ1v) is 8.15. The standard InChI is InChI=1S/C12H16N6O3S/c13-12-15-10-8(11(19)16-14)4-3-5-9(10)18(12)22(20,21)17-6-1-2-7-17/h3-5H,1-2,6-7,14H2,(H2,13,15)(H,16,19). The zero-order valence-electron chi connectivity index (χ0n) is 11.7. The van der Waals surface area contributed by atoms with Crippen molar-refractivity contribution < 1.29 is 13.2 Å². The highest BCUT2D eigenvalue weighted by Crippen LogP contribution is 2.26. The topological polar surface area (TPSA) is 136 Å². The van der Waals surface area contributed by atoms with E-state index in [1.165, 1.54) is 10.4 Å². The van der Waals surface area contributed by atoms with Crippen LogP contribution in [0.2, 0.25) is 0 Å². The molecule has 1 fully saturated rings. The number of imidazole rings is 1. The molecule has 1 aliphatic heterocycles. The van der Waals surface area contributed by atoms with Crippen molar-refractivity contribution in [1.29, 1.82) is 0 Å². The number of fused-ring (bicyclic) bond motifs is 1. The average Bonchev–Trinajstić information content (AvgIpc) is 3.12. The molecule has 0 bridgehead atoms. The normalized spacial score (nSPS) is 16.2. The Morgan fingerprint density at radius 3 is 2.59 bits per heavy atom. The first kappa shape index (κ1) is 14.8. The maximum atomic E-state index is 12.7. The maximum Gasteiger partial charge on any atom is 0.310 e. The number of nitrogens with one attached hydrogen (secondary N) is 1. The van der Waals surface area contributed by atoms with E-state index < -0.39 is 16.1 Å². The van der Waals surface area contributed by atoms with Crippen molar-refractivity contribution in [2.75, 3.05) is 18.8 Å². The molecule has 0 saturated carbocycles. The van der Waals surface area contributed by atoms with Crippen molar-refractivity contribution in [3.05, 3.63) is 23.8 Å². The lowest BCUT2D eigenvalue weighted by molar-refractivity contribution is 0.0955. The Kier molecular flexibility index (Phi) is 3.51. The van der Waals surface area contributed by atoms with Gasteiger partial charge in [0.2, 0.25) is 5.95 Å². The Morgan fingerprint density at radius 1 is 1.27 bits per heavy atom. The van der Waals surface area contributed by atoms with Crippen LogP contribution < -0.4 is 17.0 Å². The second-order valence-electron chi connectivity index (χ2n) is 5.00. The SMILES string of the molecule is NNC(=O)c1cccc2c1nc(N)n2S(=O)(=O)N1CCCC1. The molecule has 1 aromatic carbocycles.